The highest BCUT2D eigenvalue weighted by Gasteiger charge is 2.12. The topological polar surface area (TPSA) is 31.2 Å². The van der Waals surface area contributed by atoms with Gasteiger partial charge in [-0.1, -0.05) is 48.0 Å². The molecule has 0 aliphatic heterocycles. The Kier molecular flexibility index (Phi) is 4.51. The van der Waals surface area contributed by atoms with E-state index in [0.717, 1.165) is 33.3 Å². The summed E-state index contributed by atoms with van der Waals surface area (Å²) in [6.45, 7) is 2.60. The van der Waals surface area contributed by atoms with Crippen molar-refractivity contribution in [3.05, 3.63) is 100 Å². The molecular formula is C24H21NO2. The molecule has 3 aromatic carbocycles. The van der Waals surface area contributed by atoms with Gasteiger partial charge in [-0.05, 0) is 59.8 Å². The first-order valence-corrected chi connectivity index (χ1v) is 8.98. The third-order valence-corrected chi connectivity index (χ3v) is 4.87. The smallest absolute Gasteiger partial charge is 0.259 e. The van der Waals surface area contributed by atoms with Crippen molar-refractivity contribution in [1.29, 1.82) is 0 Å². The monoisotopic (exact) mass is 355 g/mol. The summed E-state index contributed by atoms with van der Waals surface area (Å²) in [7, 11) is 1.65. The van der Waals surface area contributed by atoms with Crippen LogP contribution in [-0.4, -0.2) is 11.7 Å². The third kappa shape index (κ3) is 3.36. The molecule has 0 aliphatic rings. The van der Waals surface area contributed by atoms with Crippen LogP contribution in [-0.2, 0) is 6.54 Å². The van der Waals surface area contributed by atoms with Gasteiger partial charge in [0.2, 0.25) is 0 Å². The Bertz CT molecular complexity index is 1140. The fourth-order valence-electron chi connectivity index (χ4n) is 3.33. The number of benzene rings is 3. The molecule has 3 nitrogen and oxygen atoms in total. The van der Waals surface area contributed by atoms with Crippen LogP contribution in [0.1, 0.15) is 11.1 Å². The van der Waals surface area contributed by atoms with Gasteiger partial charge in [0.25, 0.3) is 5.56 Å². The second-order valence-electron chi connectivity index (χ2n) is 6.72. The highest BCUT2D eigenvalue weighted by molar-refractivity contribution is 5.85. The Balaban J connectivity index is 1.91. The molecule has 0 unspecified atom stereocenters. The number of aromatic nitrogens is 1. The highest BCUT2D eigenvalue weighted by Crippen LogP contribution is 2.25. The molecule has 0 radical (unpaired) electrons. The van der Waals surface area contributed by atoms with E-state index in [9.17, 15) is 4.79 Å². The zero-order chi connectivity index (χ0) is 18.8. The second-order valence-corrected chi connectivity index (χ2v) is 6.72. The van der Waals surface area contributed by atoms with Crippen molar-refractivity contribution < 1.29 is 4.74 Å². The maximum atomic E-state index is 13.3. The lowest BCUT2D eigenvalue weighted by Gasteiger charge is -2.15. The van der Waals surface area contributed by atoms with Crippen molar-refractivity contribution >= 4 is 10.8 Å². The zero-order valence-electron chi connectivity index (χ0n) is 15.5. The molecule has 1 aromatic heterocycles. The molecule has 1 heterocycles. The summed E-state index contributed by atoms with van der Waals surface area (Å²) in [6, 6.07) is 26.0. The SMILES string of the molecule is COc1ccc(-c2cc3ccccc3c(=O)n2Cc2ccc(C)cc2)cc1. The summed E-state index contributed by atoms with van der Waals surface area (Å²) in [5, 5.41) is 1.69. The van der Waals surface area contributed by atoms with Gasteiger partial charge in [-0.2, -0.15) is 0 Å². The van der Waals surface area contributed by atoms with Crippen molar-refractivity contribution in [3.8, 4) is 17.0 Å². The first kappa shape index (κ1) is 17.1. The predicted molar refractivity (Wildman–Crippen MR) is 110 cm³/mol. The number of ether oxygens (including phenoxy) is 1. The van der Waals surface area contributed by atoms with E-state index in [1.165, 1.54) is 5.56 Å². The molecule has 0 atom stereocenters. The Morgan fingerprint density at radius 3 is 2.30 bits per heavy atom. The molecule has 0 amide bonds. The quantitative estimate of drug-likeness (QED) is 0.514. The molecule has 0 N–H and O–H groups in total. The number of fused-ring (bicyclic) bond motifs is 1. The number of aryl methyl sites for hydroxylation is 1. The van der Waals surface area contributed by atoms with Crippen molar-refractivity contribution in [3.63, 3.8) is 0 Å². The highest BCUT2D eigenvalue weighted by atomic mass is 16.5. The van der Waals surface area contributed by atoms with Gasteiger partial charge in [0.15, 0.2) is 0 Å². The number of rotatable bonds is 4. The molecule has 0 saturated heterocycles. The van der Waals surface area contributed by atoms with E-state index in [4.69, 9.17) is 4.74 Å². The summed E-state index contributed by atoms with van der Waals surface area (Å²) >= 11 is 0. The van der Waals surface area contributed by atoms with Crippen LogP contribution in [0.2, 0.25) is 0 Å². The molecular weight excluding hydrogens is 334 g/mol. The van der Waals surface area contributed by atoms with Gasteiger partial charge in [-0.3, -0.25) is 4.79 Å². The van der Waals surface area contributed by atoms with Crippen molar-refractivity contribution in [2.24, 2.45) is 0 Å². The first-order valence-electron chi connectivity index (χ1n) is 8.98. The summed E-state index contributed by atoms with van der Waals surface area (Å²) in [4.78, 5) is 13.3. The molecule has 4 aromatic rings. The third-order valence-electron chi connectivity index (χ3n) is 4.87. The predicted octanol–water partition coefficient (Wildman–Crippen LogP) is 5.03. The van der Waals surface area contributed by atoms with Gasteiger partial charge in [0.05, 0.1) is 19.3 Å². The maximum Gasteiger partial charge on any atom is 0.259 e. The van der Waals surface area contributed by atoms with E-state index in [2.05, 4.69) is 37.3 Å². The lowest BCUT2D eigenvalue weighted by molar-refractivity contribution is 0.415. The van der Waals surface area contributed by atoms with Gasteiger partial charge >= 0.3 is 0 Å². The van der Waals surface area contributed by atoms with Crippen LogP contribution in [0.25, 0.3) is 22.0 Å². The molecule has 0 fully saturated rings. The number of pyridine rings is 1. The van der Waals surface area contributed by atoms with E-state index >= 15 is 0 Å². The minimum atomic E-state index is 0.0273. The molecule has 0 bridgehead atoms. The van der Waals surface area contributed by atoms with Gasteiger partial charge in [-0.25, -0.2) is 0 Å². The molecule has 134 valence electrons. The van der Waals surface area contributed by atoms with Crippen molar-refractivity contribution in [2.45, 2.75) is 13.5 Å². The number of hydrogen-bond acceptors (Lipinski definition) is 2. The number of methoxy groups -OCH3 is 1. The normalized spacial score (nSPS) is 10.9. The second kappa shape index (κ2) is 7.12. The minimum Gasteiger partial charge on any atom is -0.497 e. The van der Waals surface area contributed by atoms with Crippen LogP contribution in [0, 0.1) is 6.92 Å². The summed E-state index contributed by atoms with van der Waals surface area (Å²) in [6.07, 6.45) is 0. The lowest BCUT2D eigenvalue weighted by Crippen LogP contribution is -2.22. The van der Waals surface area contributed by atoms with Crippen LogP contribution in [0.15, 0.2) is 83.7 Å². The van der Waals surface area contributed by atoms with Gasteiger partial charge in [-0.15, -0.1) is 0 Å². The van der Waals surface area contributed by atoms with Crippen LogP contribution < -0.4 is 10.3 Å². The van der Waals surface area contributed by atoms with Gasteiger partial charge < -0.3 is 9.30 Å². The summed E-state index contributed by atoms with van der Waals surface area (Å²) < 4.78 is 7.12. The largest absolute Gasteiger partial charge is 0.497 e. The fourth-order valence-corrected chi connectivity index (χ4v) is 3.33. The summed E-state index contributed by atoms with van der Waals surface area (Å²) in [5.41, 5.74) is 4.24. The van der Waals surface area contributed by atoms with E-state index in [0.29, 0.717) is 6.54 Å². The minimum absolute atomic E-state index is 0.0273. The molecule has 3 heteroatoms. The van der Waals surface area contributed by atoms with Crippen LogP contribution in [0.3, 0.4) is 0 Å². The lowest BCUT2D eigenvalue weighted by atomic mass is 10.1. The van der Waals surface area contributed by atoms with E-state index in [1.54, 1.807) is 7.11 Å². The van der Waals surface area contributed by atoms with Gasteiger partial charge in [0.1, 0.15) is 5.75 Å². The van der Waals surface area contributed by atoms with Gasteiger partial charge in [0, 0.05) is 5.39 Å². The first-order chi connectivity index (χ1) is 13.2. The average Bonchev–Trinajstić information content (AvgIpc) is 2.71. The van der Waals surface area contributed by atoms with Crippen molar-refractivity contribution in [2.75, 3.05) is 7.11 Å². The maximum absolute atomic E-state index is 13.3. The van der Waals surface area contributed by atoms with Crippen molar-refractivity contribution in [1.82, 2.24) is 4.57 Å². The Labute approximate surface area is 158 Å². The Morgan fingerprint density at radius 1 is 0.889 bits per heavy atom. The standard InChI is InChI=1S/C24H21NO2/c1-17-7-9-18(10-8-17)16-25-23(19-11-13-21(27-2)14-12-19)15-20-5-3-4-6-22(20)24(25)26/h3-15H,16H2,1-2H3. The Hall–Kier alpha value is -3.33. The van der Waals surface area contributed by atoms with E-state index in [-0.39, 0.29) is 5.56 Å². The Morgan fingerprint density at radius 2 is 1.59 bits per heavy atom. The molecule has 27 heavy (non-hydrogen) atoms. The number of hydrogen-bond donors (Lipinski definition) is 0. The van der Waals surface area contributed by atoms with Crippen LogP contribution >= 0.6 is 0 Å². The molecule has 0 saturated carbocycles. The summed E-state index contributed by atoms with van der Waals surface area (Å²) in [5.74, 6) is 0.798. The van der Waals surface area contributed by atoms with Crippen LogP contribution in [0.4, 0.5) is 0 Å². The average molecular weight is 355 g/mol. The van der Waals surface area contributed by atoms with E-state index in [1.807, 2.05) is 53.1 Å². The molecule has 0 spiro atoms. The number of nitrogens with zero attached hydrogens (tertiary/aromatic N) is 1. The molecule has 0 aliphatic carbocycles. The molecule has 4 rings (SSSR count). The van der Waals surface area contributed by atoms with E-state index < -0.39 is 0 Å². The van der Waals surface area contributed by atoms with Crippen LogP contribution in [0.5, 0.6) is 5.75 Å². The zero-order valence-corrected chi connectivity index (χ0v) is 15.5. The fraction of sp³-hybridized carbons (Fsp3) is 0.125.